The molecule has 0 spiro atoms. The van der Waals surface area contributed by atoms with Crippen LogP contribution in [0.25, 0.3) is 0 Å². The van der Waals surface area contributed by atoms with Crippen LogP contribution < -0.4 is 0 Å². The van der Waals surface area contributed by atoms with Crippen LogP contribution in [0.1, 0.15) is 26.2 Å². The summed E-state index contributed by atoms with van der Waals surface area (Å²) in [4.78, 5) is 0. The number of hydrogen-bond acceptors (Lipinski definition) is 2. The van der Waals surface area contributed by atoms with Gasteiger partial charge in [-0.1, -0.05) is 11.6 Å². The van der Waals surface area contributed by atoms with Gasteiger partial charge in [-0.05, 0) is 26.2 Å². The summed E-state index contributed by atoms with van der Waals surface area (Å²) in [5.74, 6) is 0.608. The molecule has 12 heavy (non-hydrogen) atoms. The van der Waals surface area contributed by atoms with E-state index in [9.17, 15) is 0 Å². The molecule has 0 aromatic rings. The molecular weight excluding hydrogens is 152 g/mol. The molecule has 0 N–H and O–H groups in total. The zero-order chi connectivity index (χ0) is 8.39. The van der Waals surface area contributed by atoms with Gasteiger partial charge in [-0.25, -0.2) is 0 Å². The third-order valence-corrected chi connectivity index (χ3v) is 2.71. The van der Waals surface area contributed by atoms with Crippen LogP contribution in [0, 0.1) is 5.92 Å². The largest absolute Gasteiger partial charge is 0.350 e. The van der Waals surface area contributed by atoms with Crippen molar-refractivity contribution in [3.63, 3.8) is 0 Å². The third-order valence-electron chi connectivity index (χ3n) is 2.71. The Morgan fingerprint density at radius 2 is 2.08 bits per heavy atom. The minimum atomic E-state index is 0.0920. The second-order valence-electron chi connectivity index (χ2n) is 3.69. The fraction of sp³-hybridized carbons (Fsp3) is 0.800. The highest BCUT2D eigenvalue weighted by Gasteiger charge is 2.27. The monoisotopic (exact) mass is 168 g/mol. The number of rotatable bonds is 1. The minimum Gasteiger partial charge on any atom is -0.350 e. The summed E-state index contributed by atoms with van der Waals surface area (Å²) >= 11 is 0. The lowest BCUT2D eigenvalue weighted by Gasteiger charge is -2.24. The Morgan fingerprint density at radius 1 is 1.33 bits per heavy atom. The Morgan fingerprint density at radius 3 is 2.67 bits per heavy atom. The van der Waals surface area contributed by atoms with Crippen LogP contribution in [0.4, 0.5) is 0 Å². The van der Waals surface area contributed by atoms with Crippen LogP contribution in [0.15, 0.2) is 11.6 Å². The van der Waals surface area contributed by atoms with Gasteiger partial charge in [0.15, 0.2) is 6.29 Å². The van der Waals surface area contributed by atoms with Crippen molar-refractivity contribution < 1.29 is 9.47 Å². The van der Waals surface area contributed by atoms with Crippen LogP contribution in [-0.2, 0) is 9.47 Å². The van der Waals surface area contributed by atoms with Gasteiger partial charge in [-0.2, -0.15) is 0 Å². The summed E-state index contributed by atoms with van der Waals surface area (Å²) in [6, 6.07) is 0. The Bertz CT molecular complexity index is 180. The number of hydrogen-bond donors (Lipinski definition) is 0. The fourth-order valence-electron chi connectivity index (χ4n) is 1.88. The van der Waals surface area contributed by atoms with Crippen molar-refractivity contribution in [3.05, 3.63) is 11.6 Å². The van der Waals surface area contributed by atoms with E-state index in [0.717, 1.165) is 19.6 Å². The Hall–Kier alpha value is -0.340. The molecule has 0 bridgehead atoms. The van der Waals surface area contributed by atoms with Crippen LogP contribution in [0.5, 0.6) is 0 Å². The molecule has 1 aliphatic carbocycles. The summed E-state index contributed by atoms with van der Waals surface area (Å²) in [7, 11) is 0. The van der Waals surface area contributed by atoms with E-state index < -0.39 is 0 Å². The minimum absolute atomic E-state index is 0.0920. The van der Waals surface area contributed by atoms with E-state index >= 15 is 0 Å². The van der Waals surface area contributed by atoms with E-state index in [1.807, 2.05) is 0 Å². The molecule has 1 heterocycles. The van der Waals surface area contributed by atoms with Crippen molar-refractivity contribution in [1.29, 1.82) is 0 Å². The predicted molar refractivity (Wildman–Crippen MR) is 46.8 cm³/mol. The topological polar surface area (TPSA) is 18.5 Å². The van der Waals surface area contributed by atoms with Crippen molar-refractivity contribution >= 4 is 0 Å². The summed E-state index contributed by atoms with van der Waals surface area (Å²) in [5.41, 5.74) is 1.52. The Kier molecular flexibility index (Phi) is 2.47. The molecule has 2 heteroatoms. The first kappa shape index (κ1) is 8.27. The fourth-order valence-corrected chi connectivity index (χ4v) is 1.88. The molecule has 68 valence electrons. The number of allylic oxidation sites excluding steroid dienone is 2. The lowest BCUT2D eigenvalue weighted by molar-refractivity contribution is -0.0855. The molecule has 2 aliphatic rings. The van der Waals surface area contributed by atoms with E-state index in [1.165, 1.54) is 18.4 Å². The van der Waals surface area contributed by atoms with Crippen LogP contribution >= 0.6 is 0 Å². The smallest absolute Gasteiger partial charge is 0.160 e. The van der Waals surface area contributed by atoms with Crippen LogP contribution in [0.3, 0.4) is 0 Å². The number of ether oxygens (including phenoxy) is 2. The quantitative estimate of drug-likeness (QED) is 0.558. The zero-order valence-corrected chi connectivity index (χ0v) is 7.58. The summed E-state index contributed by atoms with van der Waals surface area (Å²) in [5, 5.41) is 0. The second-order valence-corrected chi connectivity index (χ2v) is 3.69. The maximum absolute atomic E-state index is 5.48. The highest BCUT2D eigenvalue weighted by Crippen LogP contribution is 2.29. The van der Waals surface area contributed by atoms with E-state index in [2.05, 4.69) is 13.0 Å². The highest BCUT2D eigenvalue weighted by atomic mass is 16.7. The van der Waals surface area contributed by atoms with Crippen LogP contribution in [0.2, 0.25) is 0 Å². The SMILES string of the molecule is CC1=CC[C@H](C2OCCO2)CC1. The van der Waals surface area contributed by atoms with Gasteiger partial charge in [0, 0.05) is 5.92 Å². The average Bonchev–Trinajstić information content (AvgIpc) is 2.58. The van der Waals surface area contributed by atoms with E-state index in [-0.39, 0.29) is 6.29 Å². The van der Waals surface area contributed by atoms with E-state index in [0.29, 0.717) is 5.92 Å². The normalized spacial score (nSPS) is 32.1. The third kappa shape index (κ3) is 1.70. The summed E-state index contributed by atoms with van der Waals surface area (Å²) in [6.45, 7) is 3.76. The van der Waals surface area contributed by atoms with Gasteiger partial charge >= 0.3 is 0 Å². The maximum atomic E-state index is 5.48. The molecule has 2 nitrogen and oxygen atoms in total. The lowest BCUT2D eigenvalue weighted by atomic mass is 9.90. The molecule has 0 amide bonds. The summed E-state index contributed by atoms with van der Waals surface area (Å²) < 4.78 is 11.0. The van der Waals surface area contributed by atoms with Crippen molar-refractivity contribution in [2.75, 3.05) is 13.2 Å². The second kappa shape index (κ2) is 3.58. The van der Waals surface area contributed by atoms with Gasteiger partial charge in [-0.15, -0.1) is 0 Å². The first-order valence-electron chi connectivity index (χ1n) is 4.75. The average molecular weight is 168 g/mol. The van der Waals surface area contributed by atoms with E-state index in [4.69, 9.17) is 9.47 Å². The molecule has 2 rings (SSSR count). The standard InChI is InChI=1S/C10H16O2/c1-8-2-4-9(5-3-8)10-11-6-7-12-10/h2,9-10H,3-7H2,1H3/t9-/m0/s1. The first-order chi connectivity index (χ1) is 5.86. The lowest BCUT2D eigenvalue weighted by Crippen LogP contribution is -2.22. The predicted octanol–water partition coefficient (Wildman–Crippen LogP) is 2.11. The molecule has 0 aromatic carbocycles. The zero-order valence-electron chi connectivity index (χ0n) is 7.58. The molecule has 0 saturated carbocycles. The molecule has 0 aromatic heterocycles. The Labute approximate surface area is 73.5 Å². The maximum Gasteiger partial charge on any atom is 0.160 e. The van der Waals surface area contributed by atoms with E-state index in [1.54, 1.807) is 0 Å². The Balaban J connectivity index is 1.89. The van der Waals surface area contributed by atoms with Gasteiger partial charge in [-0.3, -0.25) is 0 Å². The highest BCUT2D eigenvalue weighted by molar-refractivity contribution is 5.03. The molecule has 1 atom stereocenters. The van der Waals surface area contributed by atoms with Crippen molar-refractivity contribution in [1.82, 2.24) is 0 Å². The van der Waals surface area contributed by atoms with Gasteiger partial charge in [0.25, 0.3) is 0 Å². The molecule has 0 radical (unpaired) electrons. The van der Waals surface area contributed by atoms with Gasteiger partial charge in [0.1, 0.15) is 0 Å². The summed E-state index contributed by atoms with van der Waals surface area (Å²) in [6.07, 6.45) is 5.99. The van der Waals surface area contributed by atoms with Gasteiger partial charge in [0.2, 0.25) is 0 Å². The molecule has 1 saturated heterocycles. The molecular formula is C10H16O2. The van der Waals surface area contributed by atoms with Crippen LogP contribution in [-0.4, -0.2) is 19.5 Å². The molecule has 1 fully saturated rings. The molecule has 0 unspecified atom stereocenters. The molecule has 1 aliphatic heterocycles. The van der Waals surface area contributed by atoms with Gasteiger partial charge in [0.05, 0.1) is 13.2 Å². The van der Waals surface area contributed by atoms with Crippen molar-refractivity contribution in [2.45, 2.75) is 32.5 Å². The van der Waals surface area contributed by atoms with Crippen molar-refractivity contribution in [3.8, 4) is 0 Å². The van der Waals surface area contributed by atoms with Crippen molar-refractivity contribution in [2.24, 2.45) is 5.92 Å². The first-order valence-corrected chi connectivity index (χ1v) is 4.75. The van der Waals surface area contributed by atoms with Gasteiger partial charge < -0.3 is 9.47 Å².